The van der Waals surface area contributed by atoms with Gasteiger partial charge in [0.15, 0.2) is 11.5 Å². The summed E-state index contributed by atoms with van der Waals surface area (Å²) in [7, 11) is 1.52. The lowest BCUT2D eigenvalue weighted by Crippen LogP contribution is -2.36. The third kappa shape index (κ3) is 7.15. The molecule has 5 nitrogen and oxygen atoms in total. The van der Waals surface area contributed by atoms with Gasteiger partial charge >= 0.3 is 5.97 Å². The molecule has 0 aliphatic carbocycles. The number of aliphatic carboxylic acids is 1. The van der Waals surface area contributed by atoms with Gasteiger partial charge < -0.3 is 19.9 Å². The fraction of sp³-hybridized carbons (Fsp3) is 0.350. The Bertz CT molecular complexity index is 851. The molecule has 0 radical (unpaired) electrons. The van der Waals surface area contributed by atoms with E-state index in [9.17, 15) is 9.90 Å². The van der Waals surface area contributed by atoms with Gasteiger partial charge in [-0.2, -0.15) is 11.8 Å². The van der Waals surface area contributed by atoms with E-state index in [4.69, 9.17) is 44.3 Å². The van der Waals surface area contributed by atoms with Crippen LogP contribution >= 0.6 is 46.6 Å². The Morgan fingerprint density at radius 1 is 1.14 bits per heavy atom. The second-order valence-corrected chi connectivity index (χ2v) is 8.41. The number of hydrogen-bond acceptors (Lipinski definition) is 5. The summed E-state index contributed by atoms with van der Waals surface area (Å²) in [5, 5.41) is 13.7. The summed E-state index contributed by atoms with van der Waals surface area (Å²) < 4.78 is 11.2. The molecule has 0 heterocycles. The highest BCUT2D eigenvalue weighted by atomic mass is 35.5. The second kappa shape index (κ2) is 11.8. The smallest absolute Gasteiger partial charge is 0.320 e. The fourth-order valence-electron chi connectivity index (χ4n) is 2.59. The van der Waals surface area contributed by atoms with Crippen LogP contribution in [0.1, 0.15) is 17.5 Å². The van der Waals surface area contributed by atoms with Crippen LogP contribution in [0.4, 0.5) is 0 Å². The minimum Gasteiger partial charge on any atom is -0.493 e. The summed E-state index contributed by atoms with van der Waals surface area (Å²) >= 11 is 20.0. The van der Waals surface area contributed by atoms with E-state index in [-0.39, 0.29) is 6.61 Å². The van der Waals surface area contributed by atoms with Gasteiger partial charge in [-0.1, -0.05) is 40.9 Å². The number of halogens is 3. The van der Waals surface area contributed by atoms with Crippen LogP contribution in [-0.4, -0.2) is 36.2 Å². The molecule has 158 valence electrons. The average molecular weight is 479 g/mol. The number of carboxylic acid groups (broad SMARTS) is 1. The van der Waals surface area contributed by atoms with Crippen LogP contribution in [0.5, 0.6) is 11.5 Å². The maximum absolute atomic E-state index is 11.4. The predicted octanol–water partition coefficient (Wildman–Crippen LogP) is 5.53. The topological polar surface area (TPSA) is 67.8 Å². The number of benzene rings is 2. The van der Waals surface area contributed by atoms with Gasteiger partial charge in [-0.25, -0.2) is 0 Å². The Hall–Kier alpha value is -1.31. The van der Waals surface area contributed by atoms with E-state index in [2.05, 4.69) is 5.32 Å². The monoisotopic (exact) mass is 477 g/mol. The maximum Gasteiger partial charge on any atom is 0.320 e. The predicted molar refractivity (Wildman–Crippen MR) is 120 cm³/mol. The number of methoxy groups -OCH3 is 1. The molecule has 9 heteroatoms. The fourth-order valence-corrected chi connectivity index (χ4v) is 3.67. The second-order valence-electron chi connectivity index (χ2n) is 6.20. The van der Waals surface area contributed by atoms with Crippen molar-refractivity contribution in [3.63, 3.8) is 0 Å². The quantitative estimate of drug-likeness (QED) is 0.442. The normalized spacial score (nSPS) is 11.9. The Labute approximate surface area is 189 Å². The van der Waals surface area contributed by atoms with Gasteiger partial charge in [0.2, 0.25) is 0 Å². The van der Waals surface area contributed by atoms with E-state index < -0.39 is 12.0 Å². The summed E-state index contributed by atoms with van der Waals surface area (Å²) in [6, 6.07) is 8.12. The minimum absolute atomic E-state index is 0.236. The van der Waals surface area contributed by atoms with Crippen LogP contribution in [0, 0.1) is 0 Å². The zero-order chi connectivity index (χ0) is 21.4. The molecule has 1 unspecified atom stereocenters. The molecule has 0 aliphatic rings. The number of ether oxygens (including phenoxy) is 2. The van der Waals surface area contributed by atoms with Gasteiger partial charge in [-0.3, -0.25) is 4.79 Å². The number of rotatable bonds is 11. The van der Waals surface area contributed by atoms with Gasteiger partial charge in [0.1, 0.15) is 12.6 Å². The van der Waals surface area contributed by atoms with Gasteiger partial charge in [-0.05, 0) is 53.8 Å². The molecule has 29 heavy (non-hydrogen) atoms. The third-order valence-corrected chi connectivity index (χ3v) is 5.78. The highest BCUT2D eigenvalue weighted by Crippen LogP contribution is 2.37. The molecule has 0 aromatic heterocycles. The summed E-state index contributed by atoms with van der Waals surface area (Å²) in [5.74, 6) is 0.750. The zero-order valence-electron chi connectivity index (χ0n) is 16.0. The van der Waals surface area contributed by atoms with Crippen molar-refractivity contribution in [3.05, 3.63) is 56.5 Å². The molecule has 1 atom stereocenters. The Balaban J connectivity index is 2.09. The molecular formula is C20H22Cl3NO4S. The van der Waals surface area contributed by atoms with Crippen molar-refractivity contribution >= 4 is 52.5 Å². The van der Waals surface area contributed by atoms with Crippen LogP contribution in [0.2, 0.25) is 15.1 Å². The molecule has 2 rings (SSSR count). The Morgan fingerprint density at radius 2 is 1.86 bits per heavy atom. The van der Waals surface area contributed by atoms with Crippen LogP contribution in [0.15, 0.2) is 30.3 Å². The van der Waals surface area contributed by atoms with Crippen LogP contribution in [-0.2, 0) is 17.9 Å². The van der Waals surface area contributed by atoms with Crippen molar-refractivity contribution in [2.75, 3.05) is 19.1 Å². The van der Waals surface area contributed by atoms with Gasteiger partial charge in [0.05, 0.1) is 22.2 Å². The van der Waals surface area contributed by atoms with E-state index in [0.717, 1.165) is 16.9 Å². The maximum atomic E-state index is 11.4. The summed E-state index contributed by atoms with van der Waals surface area (Å²) in [5.41, 5.74) is 1.63. The zero-order valence-corrected chi connectivity index (χ0v) is 19.1. The summed E-state index contributed by atoms with van der Waals surface area (Å²) in [6.45, 7) is 0.578. The number of carboxylic acids is 1. The van der Waals surface area contributed by atoms with Crippen molar-refractivity contribution in [1.82, 2.24) is 5.32 Å². The lowest BCUT2D eigenvalue weighted by Gasteiger charge is -2.17. The van der Waals surface area contributed by atoms with E-state index in [0.29, 0.717) is 39.5 Å². The standard InChI is InChI=1S/C20H22Cl3NO4S/c1-27-18-9-13(10-24-17(20(25)26)5-6-29-2)8-16(23)19(18)28-11-12-3-4-14(21)15(22)7-12/h3-4,7-9,17,24H,5-6,10-11H2,1-2H3,(H,25,26). The lowest BCUT2D eigenvalue weighted by molar-refractivity contribution is -0.139. The first kappa shape index (κ1) is 24.0. The van der Waals surface area contributed by atoms with Crippen molar-refractivity contribution in [2.45, 2.75) is 25.6 Å². The Morgan fingerprint density at radius 3 is 2.48 bits per heavy atom. The lowest BCUT2D eigenvalue weighted by atomic mass is 10.1. The van der Waals surface area contributed by atoms with Gasteiger partial charge in [0, 0.05) is 6.54 Å². The summed E-state index contributed by atoms with van der Waals surface area (Å²) in [4.78, 5) is 11.4. The average Bonchev–Trinajstić information content (AvgIpc) is 2.69. The van der Waals surface area contributed by atoms with Gasteiger partial charge in [0.25, 0.3) is 0 Å². The number of nitrogens with one attached hydrogen (secondary N) is 1. The van der Waals surface area contributed by atoms with Crippen molar-refractivity contribution in [1.29, 1.82) is 0 Å². The number of hydrogen-bond donors (Lipinski definition) is 2. The molecule has 0 bridgehead atoms. The molecule has 2 N–H and O–H groups in total. The van der Waals surface area contributed by atoms with Crippen LogP contribution in [0.25, 0.3) is 0 Å². The molecule has 0 spiro atoms. The van der Waals surface area contributed by atoms with E-state index in [1.54, 1.807) is 36.0 Å². The van der Waals surface area contributed by atoms with Crippen LogP contribution in [0.3, 0.4) is 0 Å². The first-order valence-corrected chi connectivity index (χ1v) is 11.3. The minimum atomic E-state index is -0.876. The van der Waals surface area contributed by atoms with Crippen molar-refractivity contribution in [2.24, 2.45) is 0 Å². The molecule has 0 amide bonds. The molecule has 0 saturated carbocycles. The highest BCUT2D eigenvalue weighted by molar-refractivity contribution is 7.98. The number of thioether (sulfide) groups is 1. The molecule has 0 fully saturated rings. The molecule has 0 saturated heterocycles. The van der Waals surface area contributed by atoms with Crippen molar-refractivity contribution in [3.8, 4) is 11.5 Å². The third-order valence-electron chi connectivity index (χ3n) is 4.12. The number of carbonyl (C=O) groups is 1. The molecule has 2 aromatic carbocycles. The summed E-state index contributed by atoms with van der Waals surface area (Å²) in [6.07, 6.45) is 2.48. The van der Waals surface area contributed by atoms with E-state index >= 15 is 0 Å². The van der Waals surface area contributed by atoms with Crippen molar-refractivity contribution < 1.29 is 19.4 Å². The van der Waals surface area contributed by atoms with Gasteiger partial charge in [-0.15, -0.1) is 0 Å². The highest BCUT2D eigenvalue weighted by Gasteiger charge is 2.18. The molecule has 0 aliphatic heterocycles. The largest absolute Gasteiger partial charge is 0.493 e. The first-order chi connectivity index (χ1) is 13.8. The molecular weight excluding hydrogens is 457 g/mol. The van der Waals surface area contributed by atoms with E-state index in [1.165, 1.54) is 7.11 Å². The Kier molecular flexibility index (Phi) is 9.72. The van der Waals surface area contributed by atoms with Crippen LogP contribution < -0.4 is 14.8 Å². The first-order valence-electron chi connectivity index (χ1n) is 8.74. The molecule has 2 aromatic rings. The van der Waals surface area contributed by atoms with E-state index in [1.807, 2.05) is 12.3 Å². The SMILES string of the molecule is COc1cc(CNC(CCSC)C(=O)O)cc(Cl)c1OCc1ccc(Cl)c(Cl)c1.